The summed E-state index contributed by atoms with van der Waals surface area (Å²) in [5.74, 6) is 1.34. The number of aromatic nitrogens is 2. The maximum Gasteiger partial charge on any atom is 0.254 e. The molecular weight excluding hydrogens is 462 g/mol. The van der Waals surface area contributed by atoms with E-state index in [1.165, 1.54) is 12.8 Å². The van der Waals surface area contributed by atoms with Crippen LogP contribution in [0.25, 0.3) is 11.0 Å². The Kier molecular flexibility index (Phi) is 6.49. The van der Waals surface area contributed by atoms with E-state index in [-0.39, 0.29) is 5.91 Å². The first-order valence-corrected chi connectivity index (χ1v) is 11.8. The fourth-order valence-corrected chi connectivity index (χ4v) is 5.00. The Labute approximate surface area is 191 Å². The number of nitrogens with zero attached hydrogens (tertiary/aromatic N) is 3. The van der Waals surface area contributed by atoms with Gasteiger partial charge in [-0.25, -0.2) is 4.98 Å². The molecular formula is C24H27BrClN3O. The Hall–Kier alpha value is -1.85. The quantitative estimate of drug-likeness (QED) is 0.380. The van der Waals surface area contributed by atoms with Crippen molar-refractivity contribution in [2.24, 2.45) is 5.92 Å². The van der Waals surface area contributed by atoms with Crippen LogP contribution in [0.3, 0.4) is 0 Å². The van der Waals surface area contributed by atoms with Crippen molar-refractivity contribution >= 4 is 44.5 Å². The fourth-order valence-electron chi connectivity index (χ4n) is 4.43. The molecule has 158 valence electrons. The molecule has 0 spiro atoms. The number of fused-ring (bicyclic) bond motifs is 1. The Morgan fingerprint density at radius 1 is 1.23 bits per heavy atom. The summed E-state index contributed by atoms with van der Waals surface area (Å²) in [5.41, 5.74) is 2.71. The van der Waals surface area contributed by atoms with Gasteiger partial charge >= 0.3 is 0 Å². The molecule has 1 amide bonds. The minimum Gasteiger partial charge on any atom is -0.331 e. The molecule has 1 fully saturated rings. The third-order valence-corrected chi connectivity index (χ3v) is 6.42. The predicted octanol–water partition coefficient (Wildman–Crippen LogP) is 6.87. The van der Waals surface area contributed by atoms with Gasteiger partial charge in [0.15, 0.2) is 0 Å². The molecule has 0 saturated heterocycles. The highest BCUT2D eigenvalue weighted by atomic mass is 79.9. The van der Waals surface area contributed by atoms with Crippen LogP contribution in [-0.2, 0) is 6.54 Å². The van der Waals surface area contributed by atoms with Gasteiger partial charge in [0.05, 0.1) is 17.6 Å². The molecule has 0 atom stereocenters. The van der Waals surface area contributed by atoms with Crippen LogP contribution < -0.4 is 0 Å². The van der Waals surface area contributed by atoms with Crippen LogP contribution in [0.5, 0.6) is 0 Å². The van der Waals surface area contributed by atoms with Crippen molar-refractivity contribution in [3.63, 3.8) is 0 Å². The van der Waals surface area contributed by atoms with E-state index in [4.69, 9.17) is 16.6 Å². The van der Waals surface area contributed by atoms with E-state index in [9.17, 15) is 4.79 Å². The van der Waals surface area contributed by atoms with Crippen molar-refractivity contribution in [2.75, 3.05) is 6.54 Å². The number of amides is 1. The zero-order valence-electron chi connectivity index (χ0n) is 17.4. The summed E-state index contributed by atoms with van der Waals surface area (Å²) in [4.78, 5) is 20.3. The summed E-state index contributed by atoms with van der Waals surface area (Å²) in [6.07, 6.45) is 4.76. The van der Waals surface area contributed by atoms with E-state index in [2.05, 4.69) is 34.3 Å². The standard InChI is InChI=1S/C24H27BrClN3O/c1-16(2)14-28(24(30)17-6-5-7-18(25)12-17)15-23-27-21-11-10-19(26)13-22(21)29(23)20-8-3-4-9-20/h5-7,10-13,16,20H,3-4,8-9,14-15H2,1-2H3. The van der Waals surface area contributed by atoms with Crippen molar-refractivity contribution in [3.8, 4) is 0 Å². The zero-order chi connectivity index (χ0) is 21.3. The van der Waals surface area contributed by atoms with E-state index in [1.807, 2.05) is 47.4 Å². The molecule has 1 heterocycles. The SMILES string of the molecule is CC(C)CN(Cc1nc2ccc(Cl)cc2n1C1CCCC1)C(=O)c1cccc(Br)c1. The molecule has 0 aliphatic heterocycles. The molecule has 1 aliphatic rings. The number of hydrogen-bond donors (Lipinski definition) is 0. The van der Waals surface area contributed by atoms with Crippen molar-refractivity contribution < 1.29 is 4.79 Å². The van der Waals surface area contributed by atoms with E-state index >= 15 is 0 Å². The van der Waals surface area contributed by atoms with Gasteiger partial charge in [-0.2, -0.15) is 0 Å². The first-order valence-electron chi connectivity index (χ1n) is 10.6. The van der Waals surface area contributed by atoms with Crippen molar-refractivity contribution in [3.05, 3.63) is 63.3 Å². The maximum absolute atomic E-state index is 13.4. The number of halogens is 2. The topological polar surface area (TPSA) is 38.1 Å². The summed E-state index contributed by atoms with van der Waals surface area (Å²) in [7, 11) is 0. The predicted molar refractivity (Wildman–Crippen MR) is 126 cm³/mol. The molecule has 2 aromatic carbocycles. The molecule has 0 N–H and O–H groups in total. The van der Waals surface area contributed by atoms with Gasteiger partial charge in [-0.1, -0.05) is 60.3 Å². The van der Waals surface area contributed by atoms with Crippen molar-refractivity contribution in [2.45, 2.75) is 52.1 Å². The van der Waals surface area contributed by atoms with Gasteiger partial charge in [0, 0.05) is 27.6 Å². The second-order valence-corrected chi connectivity index (χ2v) is 9.91. The van der Waals surface area contributed by atoms with Crippen molar-refractivity contribution in [1.29, 1.82) is 0 Å². The summed E-state index contributed by atoms with van der Waals surface area (Å²) in [5, 5.41) is 0.720. The molecule has 3 aromatic rings. The number of carbonyl (C=O) groups is 1. The van der Waals surface area contributed by atoms with Gasteiger partial charge in [-0.15, -0.1) is 0 Å². The van der Waals surface area contributed by atoms with Gasteiger partial charge in [0.1, 0.15) is 5.82 Å². The number of imidazole rings is 1. The Morgan fingerprint density at radius 3 is 2.70 bits per heavy atom. The summed E-state index contributed by atoms with van der Waals surface area (Å²) >= 11 is 9.80. The molecule has 6 heteroatoms. The molecule has 4 nitrogen and oxygen atoms in total. The Balaban J connectivity index is 1.73. The Bertz CT molecular complexity index is 1060. The lowest BCUT2D eigenvalue weighted by Crippen LogP contribution is -2.35. The molecule has 1 aliphatic carbocycles. The number of carbonyl (C=O) groups excluding carboxylic acids is 1. The summed E-state index contributed by atoms with van der Waals surface area (Å²) < 4.78 is 3.25. The van der Waals surface area contributed by atoms with E-state index in [0.29, 0.717) is 30.6 Å². The normalized spacial score (nSPS) is 14.7. The van der Waals surface area contributed by atoms with E-state index < -0.39 is 0 Å². The Morgan fingerprint density at radius 2 is 2.00 bits per heavy atom. The van der Waals surface area contributed by atoms with Gasteiger partial charge in [-0.05, 0) is 55.2 Å². The highest BCUT2D eigenvalue weighted by Gasteiger charge is 2.26. The minimum absolute atomic E-state index is 0.0352. The molecule has 4 rings (SSSR count). The van der Waals surface area contributed by atoms with Crippen LogP contribution in [0.4, 0.5) is 0 Å². The first-order chi connectivity index (χ1) is 14.4. The highest BCUT2D eigenvalue weighted by Crippen LogP contribution is 2.35. The molecule has 1 aromatic heterocycles. The molecule has 1 saturated carbocycles. The zero-order valence-corrected chi connectivity index (χ0v) is 19.8. The first kappa shape index (κ1) is 21.4. The van der Waals surface area contributed by atoms with Crippen molar-refractivity contribution in [1.82, 2.24) is 14.5 Å². The smallest absolute Gasteiger partial charge is 0.254 e. The largest absolute Gasteiger partial charge is 0.331 e. The molecule has 30 heavy (non-hydrogen) atoms. The van der Waals surface area contributed by atoms with Gasteiger partial charge in [-0.3, -0.25) is 4.79 Å². The maximum atomic E-state index is 13.4. The molecule has 0 unspecified atom stereocenters. The van der Waals surface area contributed by atoms with Crippen LogP contribution in [-0.4, -0.2) is 26.9 Å². The summed E-state index contributed by atoms with van der Waals surface area (Å²) in [6, 6.07) is 13.9. The van der Waals surface area contributed by atoms with Crippen LogP contribution in [0.15, 0.2) is 46.9 Å². The third-order valence-electron chi connectivity index (χ3n) is 5.69. The third kappa shape index (κ3) is 4.57. The van der Waals surface area contributed by atoms with Gasteiger partial charge < -0.3 is 9.47 Å². The second-order valence-electron chi connectivity index (χ2n) is 8.56. The number of rotatable bonds is 6. The average molecular weight is 489 g/mol. The van der Waals surface area contributed by atoms with Crippen LogP contribution in [0, 0.1) is 5.92 Å². The van der Waals surface area contributed by atoms with Crippen LogP contribution in [0.2, 0.25) is 5.02 Å². The average Bonchev–Trinajstić information content (AvgIpc) is 3.33. The molecule has 0 bridgehead atoms. The second kappa shape index (κ2) is 9.11. The number of hydrogen-bond acceptors (Lipinski definition) is 2. The van der Waals surface area contributed by atoms with Gasteiger partial charge in [0.25, 0.3) is 5.91 Å². The highest BCUT2D eigenvalue weighted by molar-refractivity contribution is 9.10. The fraction of sp³-hybridized carbons (Fsp3) is 0.417. The summed E-state index contributed by atoms with van der Waals surface area (Å²) in [6.45, 7) is 5.45. The van der Waals surface area contributed by atoms with Crippen LogP contribution in [0.1, 0.15) is 61.8 Å². The monoisotopic (exact) mass is 487 g/mol. The minimum atomic E-state index is 0.0352. The number of benzene rings is 2. The van der Waals surface area contributed by atoms with Crippen LogP contribution >= 0.6 is 27.5 Å². The lowest BCUT2D eigenvalue weighted by Gasteiger charge is -2.26. The lowest BCUT2D eigenvalue weighted by molar-refractivity contribution is 0.0715. The molecule has 0 radical (unpaired) electrons. The van der Waals surface area contributed by atoms with E-state index in [0.717, 1.165) is 39.2 Å². The van der Waals surface area contributed by atoms with Gasteiger partial charge in [0.2, 0.25) is 0 Å². The lowest BCUT2D eigenvalue weighted by atomic mass is 10.1. The van der Waals surface area contributed by atoms with E-state index in [1.54, 1.807) is 0 Å².